The highest BCUT2D eigenvalue weighted by atomic mass is 32.1. The molecule has 0 radical (unpaired) electrons. The van der Waals surface area contributed by atoms with Crippen molar-refractivity contribution in [3.8, 4) is 11.5 Å². The van der Waals surface area contributed by atoms with Crippen LogP contribution in [0.2, 0.25) is 0 Å². The second kappa shape index (κ2) is 15.3. The molecule has 0 aliphatic heterocycles. The van der Waals surface area contributed by atoms with Crippen LogP contribution >= 0.6 is 11.3 Å². The van der Waals surface area contributed by atoms with Crippen molar-refractivity contribution in [2.75, 3.05) is 52.9 Å². The number of carbonyl (C=O) groups is 2. The van der Waals surface area contributed by atoms with Gasteiger partial charge in [0.15, 0.2) is 11.5 Å². The molecule has 0 aliphatic rings. The summed E-state index contributed by atoms with van der Waals surface area (Å²) >= 11 is 1.49. The highest BCUT2D eigenvalue weighted by molar-refractivity contribution is 7.11. The average molecular weight is 662 g/mol. The number of carbonyl (C=O) groups excluding carboxylic acids is 2. The Labute approximate surface area is 260 Å². The Morgan fingerprint density at radius 3 is 2.00 bits per heavy atom. The number of thiophene rings is 1. The van der Waals surface area contributed by atoms with Crippen molar-refractivity contribution in [2.24, 2.45) is 0 Å². The Kier molecular flexibility index (Phi) is 12.1. The van der Waals surface area contributed by atoms with E-state index in [2.05, 4.69) is 5.32 Å². The second-order valence-corrected chi connectivity index (χ2v) is 11.3. The van der Waals surface area contributed by atoms with E-state index in [-0.39, 0.29) is 32.3 Å². The Morgan fingerprint density at radius 1 is 0.822 bits per heavy atom. The van der Waals surface area contributed by atoms with Gasteiger partial charge in [-0.1, -0.05) is 6.07 Å². The maximum absolute atomic E-state index is 13.6. The number of nitrogens with zero attached hydrogens (tertiary/aromatic N) is 2. The first kappa shape index (κ1) is 35.5. The molecule has 0 spiro atoms. The van der Waals surface area contributed by atoms with Crippen molar-refractivity contribution in [3.05, 3.63) is 75.0 Å². The highest BCUT2D eigenvalue weighted by Gasteiger charge is 2.37. The van der Waals surface area contributed by atoms with E-state index in [4.69, 9.17) is 14.2 Å². The molecule has 8 nitrogen and oxygen atoms in total. The lowest BCUT2D eigenvalue weighted by atomic mass is 10.1. The molecule has 0 saturated heterocycles. The topological polar surface area (TPSA) is 80.3 Å². The average Bonchev–Trinajstić information content (AvgIpc) is 3.40. The van der Waals surface area contributed by atoms with Gasteiger partial charge < -0.3 is 29.3 Å². The second-order valence-electron chi connectivity index (χ2n) is 9.91. The molecule has 0 unspecified atom stereocenters. The fourth-order valence-electron chi connectivity index (χ4n) is 4.30. The first-order valence-corrected chi connectivity index (χ1v) is 14.3. The van der Waals surface area contributed by atoms with Crippen LogP contribution in [0.1, 0.15) is 26.4 Å². The number of methoxy groups -OCH3 is 3. The van der Waals surface area contributed by atoms with Crippen LogP contribution < -0.4 is 14.8 Å². The number of ether oxygens (including phenoxy) is 3. The van der Waals surface area contributed by atoms with E-state index in [1.165, 1.54) is 37.6 Å². The van der Waals surface area contributed by atoms with Crippen LogP contribution in [0.15, 0.2) is 48.5 Å². The smallest absolute Gasteiger partial charge is 0.416 e. The van der Waals surface area contributed by atoms with E-state index in [1.807, 2.05) is 25.1 Å². The van der Waals surface area contributed by atoms with Crippen LogP contribution in [-0.4, -0.2) is 69.3 Å². The number of nitrogens with one attached hydrogen (secondary N) is 1. The lowest BCUT2D eigenvalue weighted by Gasteiger charge is -2.28. The molecule has 246 valence electrons. The summed E-state index contributed by atoms with van der Waals surface area (Å²) in [5, 5.41) is 2.09. The Morgan fingerprint density at radius 2 is 1.47 bits per heavy atom. The Balaban J connectivity index is 1.84. The minimum atomic E-state index is -5.10. The van der Waals surface area contributed by atoms with Gasteiger partial charge in [-0.05, 0) is 61.4 Å². The molecule has 2 aromatic carbocycles. The van der Waals surface area contributed by atoms with Gasteiger partial charge >= 0.3 is 18.4 Å². The standard InChI is InChI=1S/C30H33F6N3O5S/c1-19-5-7-24(45-19)17-38(10-9-20-6-8-25(43-3)26(13-20)44-4)27(40)18-39(11-12-42-2)28(41)37-23-15-21(29(31,32)33)14-22(16-23)30(34,35)36/h5-8,13-16H,9-12,17-18H2,1-4H3,(H,37,41). The molecule has 1 aromatic heterocycles. The largest absolute Gasteiger partial charge is 0.493 e. The summed E-state index contributed by atoms with van der Waals surface area (Å²) in [6.07, 6.45) is -9.78. The van der Waals surface area contributed by atoms with Gasteiger partial charge in [-0.3, -0.25) is 4.79 Å². The van der Waals surface area contributed by atoms with Gasteiger partial charge in [-0.2, -0.15) is 26.3 Å². The van der Waals surface area contributed by atoms with Crippen LogP contribution in [-0.2, 0) is 34.8 Å². The highest BCUT2D eigenvalue weighted by Crippen LogP contribution is 2.37. The predicted octanol–water partition coefficient (Wildman–Crippen LogP) is 6.86. The number of amides is 3. The zero-order chi connectivity index (χ0) is 33.4. The fraction of sp³-hybridized carbons (Fsp3) is 0.400. The van der Waals surface area contributed by atoms with Crippen molar-refractivity contribution in [1.82, 2.24) is 9.80 Å². The molecule has 3 rings (SSSR count). The van der Waals surface area contributed by atoms with Crippen molar-refractivity contribution in [2.45, 2.75) is 32.2 Å². The number of hydrogen-bond acceptors (Lipinski definition) is 6. The van der Waals surface area contributed by atoms with Gasteiger partial charge in [0.2, 0.25) is 5.91 Å². The van der Waals surface area contributed by atoms with Crippen LogP contribution in [0.3, 0.4) is 0 Å². The fourth-order valence-corrected chi connectivity index (χ4v) is 5.20. The molecule has 1 N–H and O–H groups in total. The SMILES string of the molecule is COCCN(CC(=O)N(CCc1ccc(OC)c(OC)c1)Cc1ccc(C)s1)C(=O)Nc1cc(C(F)(F)F)cc(C(F)(F)F)c1. The zero-order valence-electron chi connectivity index (χ0n) is 25.0. The number of rotatable bonds is 13. The van der Waals surface area contributed by atoms with Crippen LogP contribution in [0.4, 0.5) is 36.8 Å². The van der Waals surface area contributed by atoms with E-state index in [9.17, 15) is 35.9 Å². The van der Waals surface area contributed by atoms with Gasteiger partial charge in [0, 0.05) is 35.6 Å². The molecule has 45 heavy (non-hydrogen) atoms. The van der Waals surface area contributed by atoms with E-state index in [0.29, 0.717) is 30.1 Å². The van der Waals surface area contributed by atoms with Crippen LogP contribution in [0.25, 0.3) is 0 Å². The summed E-state index contributed by atoms with van der Waals surface area (Å²) in [7, 11) is 4.35. The summed E-state index contributed by atoms with van der Waals surface area (Å²) < 4.78 is 95.7. The summed E-state index contributed by atoms with van der Waals surface area (Å²) in [6.45, 7) is 1.63. The summed E-state index contributed by atoms with van der Waals surface area (Å²) in [5.74, 6) is 0.548. The zero-order valence-corrected chi connectivity index (χ0v) is 25.8. The van der Waals surface area contributed by atoms with E-state index in [1.54, 1.807) is 12.1 Å². The molecule has 0 fully saturated rings. The lowest BCUT2D eigenvalue weighted by molar-refractivity contribution is -0.143. The maximum Gasteiger partial charge on any atom is 0.416 e. The van der Waals surface area contributed by atoms with Gasteiger partial charge in [-0.25, -0.2) is 4.79 Å². The molecule has 0 aliphatic carbocycles. The molecule has 0 bridgehead atoms. The summed E-state index contributed by atoms with van der Waals surface area (Å²) in [5.41, 5.74) is -3.05. The van der Waals surface area contributed by atoms with E-state index < -0.39 is 47.6 Å². The van der Waals surface area contributed by atoms with Crippen LogP contribution in [0.5, 0.6) is 11.5 Å². The van der Waals surface area contributed by atoms with E-state index in [0.717, 1.165) is 20.2 Å². The van der Waals surface area contributed by atoms with Crippen molar-refractivity contribution in [3.63, 3.8) is 0 Å². The molecule has 3 aromatic rings. The molecule has 1 heterocycles. The predicted molar refractivity (Wildman–Crippen MR) is 157 cm³/mol. The van der Waals surface area contributed by atoms with Gasteiger partial charge in [0.1, 0.15) is 6.54 Å². The molecule has 3 amide bonds. The molecule has 0 atom stereocenters. The Bertz CT molecular complexity index is 1430. The number of hydrogen-bond donors (Lipinski definition) is 1. The first-order chi connectivity index (χ1) is 21.1. The van der Waals surface area contributed by atoms with Gasteiger partial charge in [0.05, 0.1) is 38.5 Å². The van der Waals surface area contributed by atoms with Gasteiger partial charge in [-0.15, -0.1) is 11.3 Å². The minimum absolute atomic E-state index is 0.0373. The van der Waals surface area contributed by atoms with Crippen molar-refractivity contribution >= 4 is 29.0 Å². The Hall–Kier alpha value is -3.98. The van der Waals surface area contributed by atoms with Crippen molar-refractivity contribution < 1.29 is 50.1 Å². The number of alkyl halides is 6. The van der Waals surface area contributed by atoms with Crippen LogP contribution in [0, 0.1) is 6.92 Å². The third-order valence-corrected chi connectivity index (χ3v) is 7.62. The summed E-state index contributed by atoms with van der Waals surface area (Å²) in [6, 6.07) is 8.80. The molecule has 0 saturated carbocycles. The third kappa shape index (κ3) is 10.3. The minimum Gasteiger partial charge on any atom is -0.493 e. The lowest BCUT2D eigenvalue weighted by Crippen LogP contribution is -2.46. The molecular weight excluding hydrogens is 628 g/mol. The number of halogens is 6. The molecular formula is C30H33F6N3O5S. The number of urea groups is 1. The van der Waals surface area contributed by atoms with Gasteiger partial charge in [0.25, 0.3) is 0 Å². The number of anilines is 1. The maximum atomic E-state index is 13.6. The monoisotopic (exact) mass is 661 g/mol. The third-order valence-electron chi connectivity index (χ3n) is 6.63. The quantitative estimate of drug-likeness (QED) is 0.203. The molecule has 15 heteroatoms. The van der Waals surface area contributed by atoms with E-state index >= 15 is 0 Å². The first-order valence-electron chi connectivity index (χ1n) is 13.5. The number of benzene rings is 2. The summed E-state index contributed by atoms with van der Waals surface area (Å²) in [4.78, 5) is 31.2. The van der Waals surface area contributed by atoms with Crippen molar-refractivity contribution in [1.29, 1.82) is 0 Å². The number of aryl methyl sites for hydroxylation is 1. The normalized spacial score (nSPS) is 11.7.